The standard InChI is InChI=1S/C9H16N.K/c1-9(2)7-5-4-6-8-10-3;/h9-10H,3-4,6,8H2,1-2H3;/q-1;+1. The van der Waals surface area contributed by atoms with Crippen molar-refractivity contribution in [2.24, 2.45) is 5.92 Å². The molecule has 1 nitrogen and oxygen atoms in total. The van der Waals surface area contributed by atoms with E-state index in [0.717, 1.165) is 19.4 Å². The van der Waals surface area contributed by atoms with Gasteiger partial charge in [-0.15, -0.1) is 11.8 Å². The minimum atomic E-state index is 0. The molecule has 0 saturated heterocycles. The van der Waals surface area contributed by atoms with Crippen molar-refractivity contribution >= 4 is 0 Å². The molecule has 58 valence electrons. The van der Waals surface area contributed by atoms with Gasteiger partial charge in [0.05, 0.1) is 0 Å². The Morgan fingerprint density at radius 2 is 2.09 bits per heavy atom. The third kappa shape index (κ3) is 14.1. The van der Waals surface area contributed by atoms with E-state index in [0.29, 0.717) is 5.92 Å². The van der Waals surface area contributed by atoms with Gasteiger partial charge in [-0.1, -0.05) is 13.8 Å². The van der Waals surface area contributed by atoms with Crippen LogP contribution in [0.2, 0.25) is 0 Å². The van der Waals surface area contributed by atoms with Crippen LogP contribution in [0, 0.1) is 24.8 Å². The SMILES string of the molecule is [CH2-]NCCCC#CC(C)C.[K+]. The molecule has 0 saturated carbocycles. The molecule has 0 bridgehead atoms. The first-order chi connectivity index (χ1) is 4.77. The zero-order valence-electron chi connectivity index (χ0n) is 7.91. The average molecular weight is 177 g/mol. The second-order valence-electron chi connectivity index (χ2n) is 2.58. The number of rotatable bonds is 3. The molecule has 2 heteroatoms. The summed E-state index contributed by atoms with van der Waals surface area (Å²) in [5.41, 5.74) is 0. The van der Waals surface area contributed by atoms with Crippen LogP contribution in [0.5, 0.6) is 0 Å². The summed E-state index contributed by atoms with van der Waals surface area (Å²) in [5.74, 6) is 6.72. The van der Waals surface area contributed by atoms with E-state index in [2.05, 4.69) is 38.1 Å². The molecular formula is C9H16KN. The Kier molecular flexibility index (Phi) is 14.9. The van der Waals surface area contributed by atoms with E-state index in [4.69, 9.17) is 0 Å². The van der Waals surface area contributed by atoms with Crippen LogP contribution in [-0.2, 0) is 0 Å². The van der Waals surface area contributed by atoms with E-state index in [1.807, 2.05) is 0 Å². The van der Waals surface area contributed by atoms with Crippen LogP contribution < -0.4 is 56.7 Å². The minimum Gasteiger partial charge on any atom is -0.473 e. The summed E-state index contributed by atoms with van der Waals surface area (Å²) in [5, 5.41) is 2.84. The topological polar surface area (TPSA) is 12.0 Å². The molecule has 11 heavy (non-hydrogen) atoms. The Bertz CT molecular complexity index is 121. The summed E-state index contributed by atoms with van der Waals surface area (Å²) in [6, 6.07) is 0. The minimum absolute atomic E-state index is 0. The molecular weight excluding hydrogens is 161 g/mol. The number of hydrogen-bond donors (Lipinski definition) is 1. The fraction of sp³-hybridized carbons (Fsp3) is 0.667. The summed E-state index contributed by atoms with van der Waals surface area (Å²) >= 11 is 0. The summed E-state index contributed by atoms with van der Waals surface area (Å²) < 4.78 is 0. The fourth-order valence-electron chi connectivity index (χ4n) is 0.578. The Morgan fingerprint density at radius 1 is 1.45 bits per heavy atom. The van der Waals surface area contributed by atoms with Crippen molar-refractivity contribution in [2.45, 2.75) is 26.7 Å². The molecule has 0 aromatic heterocycles. The average Bonchev–Trinajstić information content (AvgIpc) is 1.87. The van der Waals surface area contributed by atoms with Crippen LogP contribution in [0.25, 0.3) is 0 Å². The quantitative estimate of drug-likeness (QED) is 0.247. The maximum Gasteiger partial charge on any atom is 1.00 e. The smallest absolute Gasteiger partial charge is 0.473 e. The number of unbranched alkanes of at least 4 members (excludes halogenated alkanes) is 1. The van der Waals surface area contributed by atoms with Crippen molar-refractivity contribution in [3.05, 3.63) is 7.05 Å². The molecule has 0 fully saturated rings. The molecule has 0 rings (SSSR count). The van der Waals surface area contributed by atoms with Crippen molar-refractivity contribution in [3.63, 3.8) is 0 Å². The fourth-order valence-corrected chi connectivity index (χ4v) is 0.578. The maximum absolute atomic E-state index is 3.52. The summed E-state index contributed by atoms with van der Waals surface area (Å²) in [6.45, 7) is 5.17. The monoisotopic (exact) mass is 177 g/mol. The molecule has 0 heterocycles. The Hall–Kier alpha value is 1.16. The molecule has 0 aliphatic rings. The molecule has 0 aliphatic carbocycles. The molecule has 0 aromatic carbocycles. The van der Waals surface area contributed by atoms with Crippen molar-refractivity contribution in [1.82, 2.24) is 5.32 Å². The van der Waals surface area contributed by atoms with Crippen LogP contribution in [-0.4, -0.2) is 6.54 Å². The van der Waals surface area contributed by atoms with E-state index in [1.165, 1.54) is 0 Å². The normalized spacial score (nSPS) is 8.36. The zero-order valence-corrected chi connectivity index (χ0v) is 11.0. The van der Waals surface area contributed by atoms with Crippen LogP contribution in [0.1, 0.15) is 26.7 Å². The molecule has 1 N–H and O–H groups in total. The molecule has 0 amide bonds. The van der Waals surface area contributed by atoms with Gasteiger partial charge in [0, 0.05) is 12.3 Å². The van der Waals surface area contributed by atoms with Gasteiger partial charge in [0.15, 0.2) is 0 Å². The Balaban J connectivity index is 0. The van der Waals surface area contributed by atoms with Gasteiger partial charge >= 0.3 is 51.4 Å². The third-order valence-electron chi connectivity index (χ3n) is 1.05. The van der Waals surface area contributed by atoms with Crippen LogP contribution in [0.15, 0.2) is 0 Å². The third-order valence-corrected chi connectivity index (χ3v) is 1.05. The summed E-state index contributed by atoms with van der Waals surface area (Å²) in [4.78, 5) is 0. The van der Waals surface area contributed by atoms with E-state index in [1.54, 1.807) is 0 Å². The first kappa shape index (κ1) is 14.7. The van der Waals surface area contributed by atoms with Gasteiger partial charge in [0.1, 0.15) is 0 Å². The predicted octanol–water partition coefficient (Wildman–Crippen LogP) is -1.19. The second-order valence-corrected chi connectivity index (χ2v) is 2.58. The summed E-state index contributed by atoms with van der Waals surface area (Å²) in [7, 11) is 3.52. The van der Waals surface area contributed by atoms with Crippen molar-refractivity contribution < 1.29 is 51.4 Å². The van der Waals surface area contributed by atoms with Crippen molar-refractivity contribution in [3.8, 4) is 11.8 Å². The van der Waals surface area contributed by atoms with E-state index in [9.17, 15) is 0 Å². The molecule has 0 atom stereocenters. The van der Waals surface area contributed by atoms with Gasteiger partial charge in [-0.25, -0.2) is 0 Å². The van der Waals surface area contributed by atoms with Crippen LogP contribution in [0.4, 0.5) is 0 Å². The zero-order chi connectivity index (χ0) is 7.82. The maximum atomic E-state index is 3.52. The van der Waals surface area contributed by atoms with Gasteiger partial charge in [-0.05, 0) is 13.0 Å². The van der Waals surface area contributed by atoms with Gasteiger partial charge in [0.25, 0.3) is 0 Å². The predicted molar refractivity (Wildman–Crippen MR) is 45.2 cm³/mol. The van der Waals surface area contributed by atoms with Crippen LogP contribution >= 0.6 is 0 Å². The molecule has 0 unspecified atom stereocenters. The molecule has 0 aliphatic heterocycles. The van der Waals surface area contributed by atoms with E-state index in [-0.39, 0.29) is 51.4 Å². The van der Waals surface area contributed by atoms with Gasteiger partial charge < -0.3 is 5.32 Å². The Labute approximate surface area is 113 Å². The Morgan fingerprint density at radius 3 is 2.55 bits per heavy atom. The molecule has 0 aromatic rings. The van der Waals surface area contributed by atoms with Gasteiger partial charge in [-0.2, -0.15) is 0 Å². The van der Waals surface area contributed by atoms with Crippen molar-refractivity contribution in [2.75, 3.05) is 6.54 Å². The van der Waals surface area contributed by atoms with E-state index < -0.39 is 0 Å². The van der Waals surface area contributed by atoms with E-state index >= 15 is 0 Å². The van der Waals surface area contributed by atoms with Crippen LogP contribution in [0.3, 0.4) is 0 Å². The first-order valence-corrected chi connectivity index (χ1v) is 3.75. The first-order valence-electron chi connectivity index (χ1n) is 3.75. The van der Waals surface area contributed by atoms with Gasteiger partial charge in [-0.3, -0.25) is 7.05 Å². The second kappa shape index (κ2) is 11.2. The molecule has 0 spiro atoms. The number of hydrogen-bond acceptors (Lipinski definition) is 1. The van der Waals surface area contributed by atoms with Gasteiger partial charge in [0.2, 0.25) is 0 Å². The molecule has 0 radical (unpaired) electrons. The number of nitrogens with one attached hydrogen (secondary N) is 1. The van der Waals surface area contributed by atoms with Crippen molar-refractivity contribution in [1.29, 1.82) is 0 Å². The largest absolute Gasteiger partial charge is 1.00 e. The summed E-state index contributed by atoms with van der Waals surface area (Å²) in [6.07, 6.45) is 2.09.